The monoisotopic (exact) mass is 257 g/mol. The van der Waals surface area contributed by atoms with Gasteiger partial charge in [-0.15, -0.1) is 0 Å². The normalized spacial score (nSPS) is 24.0. The number of hydrogen-bond donors (Lipinski definition) is 1. The SMILES string of the molecule is COC1(C)CCCN(C(=O)CCCCC(=O)O)C1. The molecule has 1 fully saturated rings. The van der Waals surface area contributed by atoms with Gasteiger partial charge in [0.1, 0.15) is 0 Å². The molecule has 5 heteroatoms. The quantitative estimate of drug-likeness (QED) is 0.735. The molecule has 1 rings (SSSR count). The summed E-state index contributed by atoms with van der Waals surface area (Å²) >= 11 is 0. The van der Waals surface area contributed by atoms with Crippen LogP contribution in [-0.2, 0) is 14.3 Å². The molecule has 0 radical (unpaired) electrons. The van der Waals surface area contributed by atoms with E-state index in [1.165, 1.54) is 0 Å². The van der Waals surface area contributed by atoms with E-state index in [1.54, 1.807) is 7.11 Å². The van der Waals surface area contributed by atoms with Gasteiger partial charge in [-0.1, -0.05) is 0 Å². The lowest BCUT2D eigenvalue weighted by atomic mass is 9.94. The predicted octanol–water partition coefficient (Wildman–Crippen LogP) is 1.66. The summed E-state index contributed by atoms with van der Waals surface area (Å²) in [5.74, 6) is -0.684. The lowest BCUT2D eigenvalue weighted by molar-refractivity contribution is -0.140. The summed E-state index contributed by atoms with van der Waals surface area (Å²) in [5, 5.41) is 8.52. The minimum atomic E-state index is -0.799. The number of likely N-dealkylation sites (tertiary alicyclic amines) is 1. The van der Waals surface area contributed by atoms with Crippen molar-refractivity contribution in [2.24, 2.45) is 0 Å². The Kier molecular flexibility index (Phi) is 5.59. The highest BCUT2D eigenvalue weighted by Gasteiger charge is 2.32. The van der Waals surface area contributed by atoms with Gasteiger partial charge in [0.15, 0.2) is 0 Å². The fourth-order valence-electron chi connectivity index (χ4n) is 2.30. The fraction of sp³-hybridized carbons (Fsp3) is 0.846. The van der Waals surface area contributed by atoms with Crippen molar-refractivity contribution in [2.45, 2.75) is 51.0 Å². The zero-order valence-electron chi connectivity index (χ0n) is 11.3. The Bertz CT molecular complexity index is 305. The number of hydrogen-bond acceptors (Lipinski definition) is 3. The molecule has 1 heterocycles. The third kappa shape index (κ3) is 4.64. The molecule has 5 nitrogen and oxygen atoms in total. The average molecular weight is 257 g/mol. The molecular weight excluding hydrogens is 234 g/mol. The van der Waals surface area contributed by atoms with Crippen LogP contribution in [0.2, 0.25) is 0 Å². The molecule has 0 saturated carbocycles. The van der Waals surface area contributed by atoms with Crippen LogP contribution in [0.1, 0.15) is 45.4 Å². The number of carbonyl (C=O) groups is 2. The molecule has 18 heavy (non-hydrogen) atoms. The summed E-state index contributed by atoms with van der Waals surface area (Å²) in [5.41, 5.74) is -0.227. The second-order valence-corrected chi connectivity index (χ2v) is 5.17. The zero-order valence-corrected chi connectivity index (χ0v) is 11.3. The number of rotatable bonds is 6. The van der Waals surface area contributed by atoms with Crippen molar-refractivity contribution in [3.63, 3.8) is 0 Å². The number of aliphatic carboxylic acids is 1. The molecule has 0 aromatic carbocycles. The Morgan fingerprint density at radius 3 is 2.61 bits per heavy atom. The maximum atomic E-state index is 12.0. The second-order valence-electron chi connectivity index (χ2n) is 5.17. The third-order valence-electron chi connectivity index (χ3n) is 3.54. The number of carboxylic acids is 1. The van der Waals surface area contributed by atoms with E-state index in [0.29, 0.717) is 25.8 Å². The second kappa shape index (κ2) is 6.73. The van der Waals surface area contributed by atoms with Gasteiger partial charge in [0.05, 0.1) is 5.60 Å². The summed E-state index contributed by atoms with van der Waals surface area (Å²) < 4.78 is 5.44. The van der Waals surface area contributed by atoms with Crippen molar-refractivity contribution in [1.82, 2.24) is 4.90 Å². The molecular formula is C13H23NO4. The zero-order chi connectivity index (χ0) is 13.6. The van der Waals surface area contributed by atoms with Crippen LogP contribution in [0.3, 0.4) is 0 Å². The van der Waals surface area contributed by atoms with E-state index in [4.69, 9.17) is 9.84 Å². The van der Waals surface area contributed by atoms with Gasteiger partial charge < -0.3 is 14.7 Å². The number of carboxylic acid groups (broad SMARTS) is 1. The number of piperidine rings is 1. The van der Waals surface area contributed by atoms with Crippen LogP contribution in [0.5, 0.6) is 0 Å². The summed E-state index contributed by atoms with van der Waals surface area (Å²) in [6.45, 7) is 3.45. The van der Waals surface area contributed by atoms with Crippen molar-refractivity contribution < 1.29 is 19.4 Å². The van der Waals surface area contributed by atoms with Crippen LogP contribution in [0.15, 0.2) is 0 Å². The smallest absolute Gasteiger partial charge is 0.303 e. The number of amides is 1. The van der Waals surface area contributed by atoms with E-state index in [9.17, 15) is 9.59 Å². The molecule has 1 aliphatic rings. The topological polar surface area (TPSA) is 66.8 Å². The van der Waals surface area contributed by atoms with E-state index >= 15 is 0 Å². The lowest BCUT2D eigenvalue weighted by Gasteiger charge is -2.39. The molecule has 0 aliphatic carbocycles. The lowest BCUT2D eigenvalue weighted by Crippen LogP contribution is -2.49. The maximum absolute atomic E-state index is 12.0. The minimum Gasteiger partial charge on any atom is -0.481 e. The van der Waals surface area contributed by atoms with Gasteiger partial charge in [-0.3, -0.25) is 9.59 Å². The highest BCUT2D eigenvalue weighted by Crippen LogP contribution is 2.24. The van der Waals surface area contributed by atoms with E-state index in [-0.39, 0.29) is 17.9 Å². The molecule has 1 aliphatic heterocycles. The minimum absolute atomic E-state index is 0.114. The van der Waals surface area contributed by atoms with Crippen molar-refractivity contribution >= 4 is 11.9 Å². The third-order valence-corrected chi connectivity index (χ3v) is 3.54. The van der Waals surface area contributed by atoms with Gasteiger partial charge >= 0.3 is 5.97 Å². The molecule has 0 bridgehead atoms. The van der Waals surface area contributed by atoms with Gasteiger partial charge in [0.25, 0.3) is 0 Å². The Labute approximate surface area is 108 Å². The maximum Gasteiger partial charge on any atom is 0.303 e. The first-order valence-electron chi connectivity index (χ1n) is 6.51. The molecule has 1 unspecified atom stereocenters. The first kappa shape index (κ1) is 15.0. The fourth-order valence-corrected chi connectivity index (χ4v) is 2.30. The van der Waals surface area contributed by atoms with Crippen LogP contribution in [0, 0.1) is 0 Å². The average Bonchev–Trinajstić information content (AvgIpc) is 2.34. The number of nitrogens with zero attached hydrogens (tertiary/aromatic N) is 1. The van der Waals surface area contributed by atoms with E-state index in [0.717, 1.165) is 19.4 Å². The molecule has 1 N–H and O–H groups in total. The Balaban J connectivity index is 2.31. The summed E-state index contributed by atoms with van der Waals surface area (Å²) in [6, 6.07) is 0. The van der Waals surface area contributed by atoms with Gasteiger partial charge in [-0.25, -0.2) is 0 Å². The summed E-state index contributed by atoms with van der Waals surface area (Å²) in [6.07, 6.45) is 3.73. The summed E-state index contributed by atoms with van der Waals surface area (Å²) in [7, 11) is 1.68. The van der Waals surface area contributed by atoms with Crippen LogP contribution in [-0.4, -0.2) is 47.7 Å². The van der Waals surface area contributed by atoms with Crippen LogP contribution < -0.4 is 0 Å². The first-order valence-corrected chi connectivity index (χ1v) is 6.51. The van der Waals surface area contributed by atoms with E-state index in [2.05, 4.69) is 0 Å². The highest BCUT2D eigenvalue weighted by atomic mass is 16.5. The predicted molar refractivity (Wildman–Crippen MR) is 67.3 cm³/mol. The van der Waals surface area contributed by atoms with Crippen LogP contribution in [0.4, 0.5) is 0 Å². The van der Waals surface area contributed by atoms with Gasteiger partial charge in [-0.05, 0) is 32.6 Å². The summed E-state index contributed by atoms with van der Waals surface area (Å²) in [4.78, 5) is 24.2. The van der Waals surface area contributed by atoms with Crippen LogP contribution >= 0.6 is 0 Å². The number of unbranched alkanes of at least 4 members (excludes halogenated alkanes) is 1. The van der Waals surface area contributed by atoms with Crippen molar-refractivity contribution in [2.75, 3.05) is 20.2 Å². The Morgan fingerprint density at radius 1 is 1.33 bits per heavy atom. The van der Waals surface area contributed by atoms with Crippen LogP contribution in [0.25, 0.3) is 0 Å². The van der Waals surface area contributed by atoms with E-state index in [1.807, 2.05) is 11.8 Å². The largest absolute Gasteiger partial charge is 0.481 e. The highest BCUT2D eigenvalue weighted by molar-refractivity contribution is 5.76. The first-order chi connectivity index (χ1) is 8.47. The molecule has 1 saturated heterocycles. The number of carbonyl (C=O) groups excluding carboxylic acids is 1. The number of methoxy groups -OCH3 is 1. The molecule has 1 atom stereocenters. The Morgan fingerprint density at radius 2 is 2.00 bits per heavy atom. The molecule has 104 valence electrons. The van der Waals surface area contributed by atoms with E-state index < -0.39 is 5.97 Å². The van der Waals surface area contributed by atoms with Crippen molar-refractivity contribution in [3.8, 4) is 0 Å². The van der Waals surface area contributed by atoms with Crippen molar-refractivity contribution in [1.29, 1.82) is 0 Å². The number of ether oxygens (including phenoxy) is 1. The standard InChI is InChI=1S/C13H23NO4/c1-13(18-2)8-5-9-14(10-13)11(15)6-3-4-7-12(16)17/h3-10H2,1-2H3,(H,16,17). The molecule has 0 spiro atoms. The van der Waals surface area contributed by atoms with Gasteiger partial charge in [-0.2, -0.15) is 0 Å². The van der Waals surface area contributed by atoms with Gasteiger partial charge in [0.2, 0.25) is 5.91 Å². The Hall–Kier alpha value is -1.10. The molecule has 0 aromatic rings. The molecule has 1 amide bonds. The van der Waals surface area contributed by atoms with Crippen molar-refractivity contribution in [3.05, 3.63) is 0 Å². The van der Waals surface area contributed by atoms with Gasteiger partial charge in [0, 0.05) is 33.0 Å². The molecule has 0 aromatic heterocycles.